The third-order valence-electron chi connectivity index (χ3n) is 0.630. The highest BCUT2D eigenvalue weighted by atomic mass is 16.6. The SMILES string of the molecule is [CH2]C(C)(O)OCC(=C)C. The zero-order chi connectivity index (χ0) is 7.49. The van der Waals surface area contributed by atoms with Crippen molar-refractivity contribution in [2.75, 3.05) is 6.61 Å². The Bertz CT molecular complexity index is 100.0. The minimum Gasteiger partial charge on any atom is -0.366 e. The molecule has 0 aliphatic heterocycles. The molecule has 1 N–H and O–H groups in total. The molecule has 9 heavy (non-hydrogen) atoms. The van der Waals surface area contributed by atoms with Crippen molar-refractivity contribution >= 4 is 0 Å². The van der Waals surface area contributed by atoms with Gasteiger partial charge in [-0.05, 0) is 13.8 Å². The summed E-state index contributed by atoms with van der Waals surface area (Å²) >= 11 is 0. The Kier molecular flexibility index (Phi) is 2.88. The Morgan fingerprint density at radius 2 is 2.22 bits per heavy atom. The van der Waals surface area contributed by atoms with Crippen LogP contribution in [-0.4, -0.2) is 17.5 Å². The van der Waals surface area contributed by atoms with Gasteiger partial charge in [-0.15, -0.1) is 0 Å². The lowest BCUT2D eigenvalue weighted by Crippen LogP contribution is -2.24. The fraction of sp³-hybridized carbons (Fsp3) is 0.571. The lowest BCUT2D eigenvalue weighted by atomic mass is 10.3. The van der Waals surface area contributed by atoms with Crippen LogP contribution in [0.25, 0.3) is 0 Å². The predicted molar refractivity (Wildman–Crippen MR) is 36.7 cm³/mol. The van der Waals surface area contributed by atoms with E-state index in [2.05, 4.69) is 13.5 Å². The van der Waals surface area contributed by atoms with Crippen LogP contribution < -0.4 is 0 Å². The van der Waals surface area contributed by atoms with Crippen molar-refractivity contribution in [3.05, 3.63) is 19.1 Å². The Balaban J connectivity index is 3.39. The fourth-order valence-electron chi connectivity index (χ4n) is 0.279. The van der Waals surface area contributed by atoms with E-state index >= 15 is 0 Å². The average molecular weight is 129 g/mol. The molecule has 0 aromatic carbocycles. The number of hydrogen-bond donors (Lipinski definition) is 1. The van der Waals surface area contributed by atoms with Crippen LogP contribution in [0.3, 0.4) is 0 Å². The highest BCUT2D eigenvalue weighted by Crippen LogP contribution is 2.03. The van der Waals surface area contributed by atoms with Crippen LogP contribution in [0.15, 0.2) is 12.2 Å². The van der Waals surface area contributed by atoms with Crippen LogP contribution in [0.5, 0.6) is 0 Å². The van der Waals surface area contributed by atoms with E-state index in [4.69, 9.17) is 9.84 Å². The van der Waals surface area contributed by atoms with Crippen molar-refractivity contribution in [3.8, 4) is 0 Å². The summed E-state index contributed by atoms with van der Waals surface area (Å²) in [6.45, 7) is 10.6. The van der Waals surface area contributed by atoms with Crippen molar-refractivity contribution in [1.82, 2.24) is 0 Å². The first kappa shape index (κ1) is 8.66. The van der Waals surface area contributed by atoms with Gasteiger partial charge >= 0.3 is 0 Å². The molecule has 0 aromatic heterocycles. The van der Waals surface area contributed by atoms with Gasteiger partial charge in [0.25, 0.3) is 0 Å². The minimum atomic E-state index is -1.28. The molecule has 0 spiro atoms. The molecule has 53 valence electrons. The number of aliphatic hydroxyl groups is 1. The Labute approximate surface area is 56.1 Å². The van der Waals surface area contributed by atoms with Crippen LogP contribution in [-0.2, 0) is 4.74 Å². The van der Waals surface area contributed by atoms with Crippen LogP contribution in [0, 0.1) is 6.92 Å². The largest absolute Gasteiger partial charge is 0.366 e. The van der Waals surface area contributed by atoms with Gasteiger partial charge in [-0.3, -0.25) is 0 Å². The van der Waals surface area contributed by atoms with Crippen LogP contribution in [0.4, 0.5) is 0 Å². The molecule has 0 aliphatic carbocycles. The summed E-state index contributed by atoms with van der Waals surface area (Å²) in [6, 6.07) is 0. The zero-order valence-electron chi connectivity index (χ0n) is 5.98. The predicted octanol–water partition coefficient (Wildman–Crippen LogP) is 1.12. The van der Waals surface area contributed by atoms with E-state index in [1.165, 1.54) is 6.92 Å². The van der Waals surface area contributed by atoms with Crippen molar-refractivity contribution in [1.29, 1.82) is 0 Å². The van der Waals surface area contributed by atoms with E-state index in [1.807, 2.05) is 6.92 Å². The molecule has 2 nitrogen and oxygen atoms in total. The smallest absolute Gasteiger partial charge is 0.163 e. The molecule has 0 rings (SSSR count). The second kappa shape index (κ2) is 2.99. The first-order valence-electron chi connectivity index (χ1n) is 2.78. The molecule has 1 radical (unpaired) electrons. The molecule has 0 fully saturated rings. The molecule has 2 heteroatoms. The molecule has 1 atom stereocenters. The quantitative estimate of drug-likeness (QED) is 0.457. The maximum Gasteiger partial charge on any atom is 0.163 e. The minimum absolute atomic E-state index is 0.358. The third kappa shape index (κ3) is 7.66. The summed E-state index contributed by atoms with van der Waals surface area (Å²) in [4.78, 5) is 0. The highest BCUT2D eigenvalue weighted by molar-refractivity contribution is 4.88. The van der Waals surface area contributed by atoms with Crippen molar-refractivity contribution < 1.29 is 9.84 Å². The summed E-state index contributed by atoms with van der Waals surface area (Å²) < 4.78 is 4.84. The summed E-state index contributed by atoms with van der Waals surface area (Å²) in [5, 5.41) is 8.89. The molecule has 0 bridgehead atoms. The second-order valence-electron chi connectivity index (χ2n) is 2.42. The normalized spacial score (nSPS) is 11.6. The van der Waals surface area contributed by atoms with Gasteiger partial charge in [0.05, 0.1) is 6.61 Å². The van der Waals surface area contributed by atoms with Crippen molar-refractivity contribution in [3.63, 3.8) is 0 Å². The van der Waals surface area contributed by atoms with E-state index < -0.39 is 5.79 Å². The van der Waals surface area contributed by atoms with Gasteiger partial charge in [0.2, 0.25) is 0 Å². The Morgan fingerprint density at radius 3 is 2.33 bits per heavy atom. The van der Waals surface area contributed by atoms with Crippen LogP contribution in [0.2, 0.25) is 0 Å². The molecule has 0 saturated heterocycles. The van der Waals surface area contributed by atoms with E-state index in [1.54, 1.807) is 0 Å². The third-order valence-corrected chi connectivity index (χ3v) is 0.630. The first-order chi connectivity index (χ1) is 3.92. The molecule has 0 amide bonds. The Hall–Kier alpha value is -0.340. The number of hydrogen-bond acceptors (Lipinski definition) is 2. The van der Waals surface area contributed by atoms with Crippen LogP contribution >= 0.6 is 0 Å². The standard InChI is InChI=1S/C7H13O2/c1-6(2)5-9-7(3,4)8/h8H,1,3,5H2,2,4H3. The van der Waals surface area contributed by atoms with Gasteiger partial charge in [-0.25, -0.2) is 0 Å². The van der Waals surface area contributed by atoms with E-state index in [9.17, 15) is 0 Å². The van der Waals surface area contributed by atoms with Crippen molar-refractivity contribution in [2.45, 2.75) is 19.6 Å². The average Bonchev–Trinajstić information content (AvgIpc) is 1.59. The zero-order valence-corrected chi connectivity index (χ0v) is 5.98. The molecule has 0 aromatic rings. The van der Waals surface area contributed by atoms with E-state index in [-0.39, 0.29) is 0 Å². The summed E-state index contributed by atoms with van der Waals surface area (Å²) in [5.74, 6) is -1.28. The van der Waals surface area contributed by atoms with Gasteiger partial charge in [0, 0.05) is 6.92 Å². The number of ether oxygens (including phenoxy) is 1. The topological polar surface area (TPSA) is 29.5 Å². The van der Waals surface area contributed by atoms with Gasteiger partial charge in [-0.2, -0.15) is 0 Å². The molecular weight excluding hydrogens is 116 g/mol. The summed E-state index contributed by atoms with van der Waals surface area (Å²) in [7, 11) is 0. The van der Waals surface area contributed by atoms with Gasteiger partial charge < -0.3 is 9.84 Å². The van der Waals surface area contributed by atoms with Gasteiger partial charge in [-0.1, -0.05) is 12.2 Å². The molecule has 0 saturated carbocycles. The van der Waals surface area contributed by atoms with Crippen molar-refractivity contribution in [2.24, 2.45) is 0 Å². The fourth-order valence-corrected chi connectivity index (χ4v) is 0.279. The van der Waals surface area contributed by atoms with Gasteiger partial charge in [0.15, 0.2) is 5.79 Å². The lowest BCUT2D eigenvalue weighted by Gasteiger charge is -2.17. The maximum atomic E-state index is 8.89. The molecular formula is C7H13O2. The monoisotopic (exact) mass is 129 g/mol. The molecule has 0 heterocycles. The van der Waals surface area contributed by atoms with E-state index in [0.29, 0.717) is 6.61 Å². The summed E-state index contributed by atoms with van der Waals surface area (Å²) in [5.41, 5.74) is 0.874. The summed E-state index contributed by atoms with van der Waals surface area (Å²) in [6.07, 6.45) is 0. The first-order valence-corrected chi connectivity index (χ1v) is 2.78. The van der Waals surface area contributed by atoms with Crippen LogP contribution in [0.1, 0.15) is 13.8 Å². The van der Waals surface area contributed by atoms with E-state index in [0.717, 1.165) is 5.57 Å². The highest BCUT2D eigenvalue weighted by Gasteiger charge is 2.11. The second-order valence-corrected chi connectivity index (χ2v) is 2.42. The maximum absolute atomic E-state index is 8.89. The lowest BCUT2D eigenvalue weighted by molar-refractivity contribution is -0.148. The Morgan fingerprint density at radius 1 is 1.78 bits per heavy atom. The molecule has 0 aliphatic rings. The van der Waals surface area contributed by atoms with Gasteiger partial charge in [0.1, 0.15) is 0 Å². The molecule has 1 unspecified atom stereocenters. The number of rotatable bonds is 3.